The summed E-state index contributed by atoms with van der Waals surface area (Å²) in [6.45, 7) is 6.51. The molecule has 2 aromatic carbocycles. The standard InChI is InChI=1S/C28H33N5O3/c1-3-12-33-24-10-9-23(16-25(24)36-28(33)35)30-26(34)19-32-14-13-31(2)17-20(18-32)15-22-7-4-6-21-8-5-11-29-27(21)22/h4-11,16,20H,3,12-15,17-19H2,1-2H3,(H,30,34). The SMILES string of the molecule is CCCn1c(=O)oc2cc(NC(=O)CN3CCN(C)CC(Cc4cccc5cccnc45)C3)ccc21. The fourth-order valence-corrected chi connectivity index (χ4v) is 5.26. The average Bonchev–Trinajstić information content (AvgIpc) is 3.05. The van der Waals surface area contributed by atoms with Gasteiger partial charge >= 0.3 is 5.76 Å². The molecular formula is C28H33N5O3. The van der Waals surface area contributed by atoms with E-state index in [2.05, 4.69) is 51.4 Å². The highest BCUT2D eigenvalue weighted by atomic mass is 16.4. The summed E-state index contributed by atoms with van der Waals surface area (Å²) in [7, 11) is 2.14. The van der Waals surface area contributed by atoms with Crippen LogP contribution in [0.25, 0.3) is 22.0 Å². The topological polar surface area (TPSA) is 83.6 Å². The van der Waals surface area contributed by atoms with E-state index in [0.29, 0.717) is 30.3 Å². The Morgan fingerprint density at radius 2 is 2.00 bits per heavy atom. The third-order valence-corrected chi connectivity index (χ3v) is 6.88. The van der Waals surface area contributed by atoms with Crippen LogP contribution in [0, 0.1) is 5.92 Å². The Kier molecular flexibility index (Phi) is 7.16. The molecular weight excluding hydrogens is 454 g/mol. The molecule has 3 heterocycles. The number of anilines is 1. The van der Waals surface area contributed by atoms with Crippen LogP contribution in [0.5, 0.6) is 0 Å². The number of hydrogen-bond acceptors (Lipinski definition) is 6. The van der Waals surface area contributed by atoms with Gasteiger partial charge in [-0.3, -0.25) is 19.2 Å². The van der Waals surface area contributed by atoms with Gasteiger partial charge in [-0.15, -0.1) is 0 Å². The Hall–Kier alpha value is -3.49. The molecule has 0 saturated carbocycles. The van der Waals surface area contributed by atoms with Gasteiger partial charge in [-0.2, -0.15) is 0 Å². The molecule has 0 aliphatic carbocycles. The van der Waals surface area contributed by atoms with Crippen molar-refractivity contribution in [2.24, 2.45) is 5.92 Å². The molecule has 1 saturated heterocycles. The van der Waals surface area contributed by atoms with Crippen molar-refractivity contribution in [2.75, 3.05) is 45.1 Å². The van der Waals surface area contributed by atoms with Gasteiger partial charge in [0.05, 0.1) is 17.6 Å². The Morgan fingerprint density at radius 3 is 2.86 bits per heavy atom. The fraction of sp³-hybridized carbons (Fsp3) is 0.393. The number of pyridine rings is 1. The molecule has 8 heteroatoms. The van der Waals surface area contributed by atoms with Crippen LogP contribution in [0.15, 0.2) is 63.9 Å². The number of amides is 1. The molecule has 188 valence electrons. The van der Waals surface area contributed by atoms with Crippen molar-refractivity contribution >= 4 is 33.6 Å². The summed E-state index contributed by atoms with van der Waals surface area (Å²) in [5.74, 6) is -0.0434. The lowest BCUT2D eigenvalue weighted by Crippen LogP contribution is -2.37. The highest BCUT2D eigenvalue weighted by molar-refractivity contribution is 5.94. The van der Waals surface area contributed by atoms with Crippen LogP contribution in [0.3, 0.4) is 0 Å². The Bertz CT molecular complexity index is 1420. The zero-order valence-electron chi connectivity index (χ0n) is 20.9. The molecule has 1 aliphatic rings. The molecule has 1 atom stereocenters. The number of rotatable bonds is 7. The molecule has 0 spiro atoms. The maximum Gasteiger partial charge on any atom is 0.419 e. The zero-order chi connectivity index (χ0) is 25.1. The number of aryl methyl sites for hydroxylation is 1. The molecule has 0 radical (unpaired) electrons. The predicted molar refractivity (Wildman–Crippen MR) is 142 cm³/mol. The number of para-hydroxylation sites is 1. The van der Waals surface area contributed by atoms with E-state index >= 15 is 0 Å². The van der Waals surface area contributed by atoms with E-state index in [-0.39, 0.29) is 11.7 Å². The van der Waals surface area contributed by atoms with Crippen molar-refractivity contribution in [3.63, 3.8) is 0 Å². The lowest BCUT2D eigenvalue weighted by Gasteiger charge is -2.24. The minimum absolute atomic E-state index is 0.0696. The van der Waals surface area contributed by atoms with Gasteiger partial charge in [0.15, 0.2) is 5.58 Å². The predicted octanol–water partition coefficient (Wildman–Crippen LogP) is 3.60. The number of carbonyl (C=O) groups excluding carboxylic acids is 1. The van der Waals surface area contributed by atoms with Crippen molar-refractivity contribution in [2.45, 2.75) is 26.3 Å². The van der Waals surface area contributed by atoms with E-state index < -0.39 is 0 Å². The third kappa shape index (κ3) is 5.34. The molecule has 1 unspecified atom stereocenters. The second-order valence-corrected chi connectivity index (χ2v) is 9.81. The molecule has 0 bridgehead atoms. The Morgan fingerprint density at radius 1 is 1.14 bits per heavy atom. The van der Waals surface area contributed by atoms with Crippen molar-refractivity contribution in [1.29, 1.82) is 0 Å². The average molecular weight is 488 g/mol. The second-order valence-electron chi connectivity index (χ2n) is 9.81. The summed E-state index contributed by atoms with van der Waals surface area (Å²) in [4.78, 5) is 34.3. The van der Waals surface area contributed by atoms with E-state index in [1.807, 2.05) is 31.3 Å². The maximum absolute atomic E-state index is 13.0. The van der Waals surface area contributed by atoms with Crippen LogP contribution < -0.4 is 11.1 Å². The molecule has 1 aliphatic heterocycles. The monoisotopic (exact) mass is 487 g/mol. The first-order valence-corrected chi connectivity index (χ1v) is 12.7. The van der Waals surface area contributed by atoms with Gasteiger partial charge < -0.3 is 14.6 Å². The third-order valence-electron chi connectivity index (χ3n) is 6.88. The van der Waals surface area contributed by atoms with Gasteiger partial charge in [-0.1, -0.05) is 31.2 Å². The van der Waals surface area contributed by atoms with Gasteiger partial charge in [0.2, 0.25) is 5.91 Å². The van der Waals surface area contributed by atoms with Crippen LogP contribution >= 0.6 is 0 Å². The van der Waals surface area contributed by atoms with Gasteiger partial charge in [0, 0.05) is 56.1 Å². The van der Waals surface area contributed by atoms with Crippen molar-refractivity contribution in [3.8, 4) is 0 Å². The van der Waals surface area contributed by atoms with E-state index in [1.54, 1.807) is 10.6 Å². The quantitative estimate of drug-likeness (QED) is 0.429. The lowest BCUT2D eigenvalue weighted by molar-refractivity contribution is -0.117. The first kappa shape index (κ1) is 24.2. The first-order valence-electron chi connectivity index (χ1n) is 12.7. The highest BCUT2D eigenvalue weighted by Crippen LogP contribution is 2.22. The highest BCUT2D eigenvalue weighted by Gasteiger charge is 2.23. The van der Waals surface area contributed by atoms with E-state index in [9.17, 15) is 9.59 Å². The van der Waals surface area contributed by atoms with E-state index in [4.69, 9.17) is 4.42 Å². The molecule has 5 rings (SSSR count). The zero-order valence-corrected chi connectivity index (χ0v) is 20.9. The lowest BCUT2D eigenvalue weighted by atomic mass is 9.96. The number of carbonyl (C=O) groups is 1. The minimum Gasteiger partial charge on any atom is -0.408 e. The van der Waals surface area contributed by atoms with Crippen LogP contribution in [0.1, 0.15) is 18.9 Å². The summed E-state index contributed by atoms with van der Waals surface area (Å²) in [6, 6.07) is 15.8. The van der Waals surface area contributed by atoms with Gasteiger partial charge in [-0.05, 0) is 49.6 Å². The smallest absolute Gasteiger partial charge is 0.408 e. The van der Waals surface area contributed by atoms with Crippen LogP contribution in [0.4, 0.5) is 5.69 Å². The van der Waals surface area contributed by atoms with E-state index in [1.165, 1.54) is 5.56 Å². The Balaban J connectivity index is 1.26. The van der Waals surface area contributed by atoms with E-state index in [0.717, 1.165) is 55.4 Å². The summed E-state index contributed by atoms with van der Waals surface area (Å²) < 4.78 is 7.01. The Labute approximate surface area is 210 Å². The number of fused-ring (bicyclic) bond motifs is 2. The molecule has 36 heavy (non-hydrogen) atoms. The molecule has 1 fully saturated rings. The molecule has 4 aromatic rings. The summed E-state index contributed by atoms with van der Waals surface area (Å²) in [5.41, 5.74) is 4.19. The number of aromatic nitrogens is 2. The second kappa shape index (κ2) is 10.6. The summed E-state index contributed by atoms with van der Waals surface area (Å²) >= 11 is 0. The molecule has 1 N–H and O–H groups in total. The van der Waals surface area contributed by atoms with Crippen LogP contribution in [-0.2, 0) is 17.8 Å². The molecule has 8 nitrogen and oxygen atoms in total. The van der Waals surface area contributed by atoms with Crippen molar-refractivity contribution < 1.29 is 9.21 Å². The van der Waals surface area contributed by atoms with Crippen LogP contribution in [-0.4, -0.2) is 65.0 Å². The molecule has 2 aromatic heterocycles. The normalized spacial score (nSPS) is 17.4. The fourth-order valence-electron chi connectivity index (χ4n) is 5.26. The number of benzene rings is 2. The maximum atomic E-state index is 13.0. The number of nitrogens with one attached hydrogen (secondary N) is 1. The first-order chi connectivity index (χ1) is 17.5. The van der Waals surface area contributed by atoms with Crippen LogP contribution in [0.2, 0.25) is 0 Å². The number of hydrogen-bond donors (Lipinski definition) is 1. The van der Waals surface area contributed by atoms with Gasteiger partial charge in [0.1, 0.15) is 0 Å². The summed E-state index contributed by atoms with van der Waals surface area (Å²) in [6.07, 6.45) is 3.61. The molecule has 1 amide bonds. The van der Waals surface area contributed by atoms with Gasteiger partial charge in [-0.25, -0.2) is 4.79 Å². The number of likely N-dealkylation sites (N-methyl/N-ethyl adjacent to an activating group) is 1. The van der Waals surface area contributed by atoms with Crippen molar-refractivity contribution in [1.82, 2.24) is 19.4 Å². The van der Waals surface area contributed by atoms with Crippen molar-refractivity contribution in [3.05, 3.63) is 70.8 Å². The minimum atomic E-state index is -0.364. The summed E-state index contributed by atoms with van der Waals surface area (Å²) in [5, 5.41) is 4.15. The number of nitrogens with zero attached hydrogens (tertiary/aromatic N) is 4. The largest absolute Gasteiger partial charge is 0.419 e. The van der Waals surface area contributed by atoms with Gasteiger partial charge in [0.25, 0.3) is 0 Å². The number of oxazole rings is 1.